The number of rotatable bonds is 5. The Balaban J connectivity index is 1.72. The van der Waals surface area contributed by atoms with E-state index in [0.717, 1.165) is 12.1 Å². The summed E-state index contributed by atoms with van der Waals surface area (Å²) in [6, 6.07) is 8.95. The Morgan fingerprint density at radius 1 is 1.38 bits per heavy atom. The number of hydrogen-bond donors (Lipinski definition) is 1. The fourth-order valence-corrected chi connectivity index (χ4v) is 2.63. The molecule has 2 aromatic rings. The highest BCUT2D eigenvalue weighted by molar-refractivity contribution is 5.97. The van der Waals surface area contributed by atoms with Gasteiger partial charge in [-0.2, -0.15) is 5.10 Å². The molecule has 1 N–H and O–H groups in total. The van der Waals surface area contributed by atoms with Crippen molar-refractivity contribution >= 4 is 17.5 Å². The summed E-state index contributed by atoms with van der Waals surface area (Å²) in [5.41, 5.74) is 1.59. The predicted octanol–water partition coefficient (Wildman–Crippen LogP) is 1.27. The van der Waals surface area contributed by atoms with Crippen molar-refractivity contribution < 1.29 is 14.3 Å². The lowest BCUT2D eigenvalue weighted by atomic mass is 10.1. The number of morpholine rings is 1. The highest BCUT2D eigenvalue weighted by Gasteiger charge is 2.34. The van der Waals surface area contributed by atoms with Crippen LogP contribution < -0.4 is 5.32 Å². The molecule has 1 unspecified atom stereocenters. The Morgan fingerprint density at radius 3 is 2.88 bits per heavy atom. The summed E-state index contributed by atoms with van der Waals surface area (Å²) in [5, 5.41) is 6.93. The van der Waals surface area contributed by atoms with E-state index in [1.165, 1.54) is 0 Å². The minimum atomic E-state index is -0.656. The van der Waals surface area contributed by atoms with Gasteiger partial charge < -0.3 is 15.0 Å². The Hall–Kier alpha value is -2.67. The summed E-state index contributed by atoms with van der Waals surface area (Å²) in [4.78, 5) is 26.4. The van der Waals surface area contributed by atoms with Crippen molar-refractivity contribution in [1.82, 2.24) is 14.7 Å². The summed E-state index contributed by atoms with van der Waals surface area (Å²) >= 11 is 0. The highest BCUT2D eigenvalue weighted by atomic mass is 16.5. The van der Waals surface area contributed by atoms with Gasteiger partial charge in [0.25, 0.3) is 0 Å². The second-order valence-electron chi connectivity index (χ2n) is 5.61. The first-order valence-electron chi connectivity index (χ1n) is 7.92. The Labute approximate surface area is 140 Å². The molecule has 0 spiro atoms. The van der Waals surface area contributed by atoms with Crippen LogP contribution in [0.25, 0.3) is 0 Å². The topological polar surface area (TPSA) is 76.5 Å². The predicted molar refractivity (Wildman–Crippen MR) is 88.1 cm³/mol. The van der Waals surface area contributed by atoms with Crippen LogP contribution in [0, 0.1) is 0 Å². The van der Waals surface area contributed by atoms with Gasteiger partial charge in [-0.15, -0.1) is 0 Å². The average molecular weight is 328 g/mol. The fraction of sp³-hybridized carbons (Fsp3) is 0.353. The summed E-state index contributed by atoms with van der Waals surface area (Å²) in [6.45, 7) is 3.26. The zero-order chi connectivity index (χ0) is 16.9. The van der Waals surface area contributed by atoms with Gasteiger partial charge in [0.1, 0.15) is 12.6 Å². The van der Waals surface area contributed by atoms with Gasteiger partial charge in [0, 0.05) is 19.3 Å². The lowest BCUT2D eigenvalue weighted by Gasteiger charge is -2.34. The van der Waals surface area contributed by atoms with E-state index in [9.17, 15) is 9.59 Å². The number of carbonyl (C=O) groups is 2. The number of nitrogens with one attached hydrogen (secondary N) is 1. The maximum absolute atomic E-state index is 12.6. The fourth-order valence-electron chi connectivity index (χ4n) is 2.63. The number of ether oxygens (including phenoxy) is 1. The average Bonchev–Trinajstić information content (AvgIpc) is 3.05. The number of nitrogens with zero attached hydrogens (tertiary/aromatic N) is 3. The molecule has 3 rings (SSSR count). The largest absolute Gasteiger partial charge is 0.369 e. The van der Waals surface area contributed by atoms with E-state index in [0.29, 0.717) is 12.2 Å². The van der Waals surface area contributed by atoms with Crippen LogP contribution >= 0.6 is 0 Å². The Morgan fingerprint density at radius 2 is 2.17 bits per heavy atom. The van der Waals surface area contributed by atoms with Gasteiger partial charge in [0.2, 0.25) is 11.8 Å². The summed E-state index contributed by atoms with van der Waals surface area (Å²) in [6.07, 6.45) is 3.35. The van der Waals surface area contributed by atoms with Crippen LogP contribution in [0.3, 0.4) is 0 Å². The van der Waals surface area contributed by atoms with Gasteiger partial charge in [-0.1, -0.05) is 30.3 Å². The molecular weight excluding hydrogens is 308 g/mol. The molecule has 0 aliphatic carbocycles. The van der Waals surface area contributed by atoms with Crippen LogP contribution in [0.4, 0.5) is 5.69 Å². The second-order valence-corrected chi connectivity index (χ2v) is 5.61. The number of amides is 2. The quantitative estimate of drug-likeness (QED) is 0.897. The van der Waals surface area contributed by atoms with E-state index in [2.05, 4.69) is 10.4 Å². The van der Waals surface area contributed by atoms with Crippen molar-refractivity contribution in [3.05, 3.63) is 48.3 Å². The van der Waals surface area contributed by atoms with Gasteiger partial charge in [-0.05, 0) is 12.5 Å². The monoisotopic (exact) mass is 328 g/mol. The molecule has 2 amide bonds. The molecule has 2 heterocycles. The first-order chi connectivity index (χ1) is 11.7. The Kier molecular flexibility index (Phi) is 4.90. The van der Waals surface area contributed by atoms with Crippen LogP contribution in [-0.2, 0) is 27.4 Å². The van der Waals surface area contributed by atoms with Gasteiger partial charge in [-0.25, -0.2) is 0 Å². The van der Waals surface area contributed by atoms with E-state index in [-0.39, 0.29) is 25.0 Å². The third kappa shape index (κ3) is 3.62. The van der Waals surface area contributed by atoms with E-state index in [4.69, 9.17) is 4.74 Å². The van der Waals surface area contributed by atoms with E-state index in [1.807, 2.05) is 37.3 Å². The molecule has 1 aromatic carbocycles. The SMILES string of the molecule is CCn1cc(NC(=O)C2COCC(=O)N2Cc2ccccc2)cn1. The minimum Gasteiger partial charge on any atom is -0.369 e. The number of aromatic nitrogens is 2. The molecular formula is C17H20N4O3. The van der Waals surface area contributed by atoms with Crippen molar-refractivity contribution in [1.29, 1.82) is 0 Å². The number of anilines is 1. The molecule has 1 aliphatic heterocycles. The molecule has 0 saturated carbocycles. The second kappa shape index (κ2) is 7.27. The van der Waals surface area contributed by atoms with Crippen molar-refractivity contribution in [3.8, 4) is 0 Å². The zero-order valence-electron chi connectivity index (χ0n) is 13.5. The zero-order valence-corrected chi connectivity index (χ0v) is 13.5. The molecule has 0 bridgehead atoms. The molecule has 1 aromatic heterocycles. The van der Waals surface area contributed by atoms with Crippen LogP contribution in [0.5, 0.6) is 0 Å². The maximum atomic E-state index is 12.6. The van der Waals surface area contributed by atoms with Gasteiger partial charge in [-0.3, -0.25) is 14.3 Å². The molecule has 1 atom stereocenters. The first-order valence-corrected chi connectivity index (χ1v) is 7.92. The van der Waals surface area contributed by atoms with E-state index in [1.54, 1.807) is 22.0 Å². The Bertz CT molecular complexity index is 714. The molecule has 24 heavy (non-hydrogen) atoms. The summed E-state index contributed by atoms with van der Waals surface area (Å²) in [5.74, 6) is -0.454. The first kappa shape index (κ1) is 16.2. The molecule has 1 aliphatic rings. The van der Waals surface area contributed by atoms with Crippen LogP contribution in [0.15, 0.2) is 42.7 Å². The van der Waals surface area contributed by atoms with Crippen molar-refractivity contribution in [3.63, 3.8) is 0 Å². The minimum absolute atomic E-state index is 0.00435. The van der Waals surface area contributed by atoms with Crippen molar-refractivity contribution in [2.24, 2.45) is 0 Å². The third-order valence-corrected chi connectivity index (χ3v) is 3.92. The molecule has 0 radical (unpaired) electrons. The maximum Gasteiger partial charge on any atom is 0.249 e. The van der Waals surface area contributed by atoms with Crippen LogP contribution in [0.1, 0.15) is 12.5 Å². The van der Waals surface area contributed by atoms with Crippen LogP contribution in [-0.4, -0.2) is 45.8 Å². The van der Waals surface area contributed by atoms with Crippen molar-refractivity contribution in [2.45, 2.75) is 26.1 Å². The smallest absolute Gasteiger partial charge is 0.249 e. The van der Waals surface area contributed by atoms with Gasteiger partial charge >= 0.3 is 0 Å². The number of aryl methyl sites for hydroxylation is 1. The lowest BCUT2D eigenvalue weighted by molar-refractivity contribution is -0.154. The standard InChI is InChI=1S/C17H20N4O3/c1-2-20-10-14(8-18-20)19-17(23)15-11-24-12-16(22)21(15)9-13-6-4-3-5-7-13/h3-8,10,15H,2,9,11-12H2,1H3,(H,19,23). The normalized spacial score (nSPS) is 17.8. The van der Waals surface area contributed by atoms with E-state index >= 15 is 0 Å². The summed E-state index contributed by atoms with van der Waals surface area (Å²) in [7, 11) is 0. The molecule has 1 saturated heterocycles. The lowest BCUT2D eigenvalue weighted by Crippen LogP contribution is -2.54. The third-order valence-electron chi connectivity index (χ3n) is 3.92. The molecule has 7 heteroatoms. The molecule has 126 valence electrons. The number of hydrogen-bond acceptors (Lipinski definition) is 4. The van der Waals surface area contributed by atoms with Crippen LogP contribution in [0.2, 0.25) is 0 Å². The van der Waals surface area contributed by atoms with Gasteiger partial charge in [0.15, 0.2) is 0 Å². The number of carbonyl (C=O) groups excluding carboxylic acids is 2. The molecule has 1 fully saturated rings. The molecule has 7 nitrogen and oxygen atoms in total. The van der Waals surface area contributed by atoms with E-state index < -0.39 is 6.04 Å². The van der Waals surface area contributed by atoms with Crippen molar-refractivity contribution in [2.75, 3.05) is 18.5 Å². The summed E-state index contributed by atoms with van der Waals surface area (Å²) < 4.78 is 7.00. The number of benzene rings is 1. The highest BCUT2D eigenvalue weighted by Crippen LogP contribution is 2.16. The van der Waals surface area contributed by atoms with Gasteiger partial charge in [0.05, 0.1) is 18.5 Å².